The zero-order valence-corrected chi connectivity index (χ0v) is 10.2. The minimum absolute atomic E-state index is 0.193. The Balaban J connectivity index is 2.84. The van der Waals surface area contributed by atoms with E-state index in [0.29, 0.717) is 17.0 Å². The first-order chi connectivity index (χ1) is 7.19. The lowest BCUT2D eigenvalue weighted by molar-refractivity contribution is -0.142. The first-order valence-corrected chi connectivity index (χ1v) is 5.31. The van der Waals surface area contributed by atoms with E-state index in [1.165, 1.54) is 7.11 Å². The topological polar surface area (TPSA) is 48.4 Å². The summed E-state index contributed by atoms with van der Waals surface area (Å²) in [5, 5.41) is 0. The largest absolute Gasteiger partial charge is 0.494 e. The van der Waals surface area contributed by atoms with Crippen molar-refractivity contribution in [3.63, 3.8) is 0 Å². The average Bonchev–Trinajstić information content (AvgIpc) is 2.18. The maximum Gasteiger partial charge on any atom is 0.310 e. The Morgan fingerprint density at radius 1 is 1.60 bits per heavy atom. The van der Waals surface area contributed by atoms with Crippen LogP contribution in [0.5, 0.6) is 5.75 Å². The second-order valence-electron chi connectivity index (χ2n) is 2.78. The molecule has 1 aromatic heterocycles. The van der Waals surface area contributed by atoms with Crippen LogP contribution in [0.3, 0.4) is 0 Å². The quantitative estimate of drug-likeness (QED) is 0.622. The SMILES string of the molecule is CCOC(=O)Cc1ccnc(Br)c1OC. The van der Waals surface area contributed by atoms with Gasteiger partial charge in [0.05, 0.1) is 20.1 Å². The second-order valence-corrected chi connectivity index (χ2v) is 3.53. The van der Waals surface area contributed by atoms with E-state index in [4.69, 9.17) is 9.47 Å². The third-order valence-electron chi connectivity index (χ3n) is 1.79. The van der Waals surface area contributed by atoms with Gasteiger partial charge in [0.2, 0.25) is 0 Å². The lowest BCUT2D eigenvalue weighted by Gasteiger charge is -2.08. The van der Waals surface area contributed by atoms with Gasteiger partial charge in [-0.3, -0.25) is 4.79 Å². The summed E-state index contributed by atoms with van der Waals surface area (Å²) < 4.78 is 10.6. The maximum atomic E-state index is 11.3. The first kappa shape index (κ1) is 12.0. The fourth-order valence-electron chi connectivity index (χ4n) is 1.18. The van der Waals surface area contributed by atoms with Gasteiger partial charge in [0, 0.05) is 11.8 Å². The van der Waals surface area contributed by atoms with Gasteiger partial charge in [-0.1, -0.05) is 0 Å². The highest BCUT2D eigenvalue weighted by Crippen LogP contribution is 2.26. The van der Waals surface area contributed by atoms with Gasteiger partial charge in [0.25, 0.3) is 0 Å². The van der Waals surface area contributed by atoms with E-state index < -0.39 is 0 Å². The zero-order chi connectivity index (χ0) is 11.3. The molecule has 0 saturated heterocycles. The molecular weight excluding hydrogens is 262 g/mol. The lowest BCUT2D eigenvalue weighted by atomic mass is 10.2. The van der Waals surface area contributed by atoms with E-state index in [1.54, 1.807) is 19.2 Å². The van der Waals surface area contributed by atoms with E-state index in [9.17, 15) is 4.79 Å². The predicted molar refractivity (Wildman–Crippen MR) is 58.8 cm³/mol. The number of carbonyl (C=O) groups excluding carboxylic acids is 1. The summed E-state index contributed by atoms with van der Waals surface area (Å²) in [5.74, 6) is 0.305. The molecule has 0 radical (unpaired) electrons. The molecule has 0 bridgehead atoms. The number of esters is 1. The molecule has 1 heterocycles. The van der Waals surface area contributed by atoms with Crippen LogP contribution in [0.4, 0.5) is 0 Å². The van der Waals surface area contributed by atoms with E-state index in [1.807, 2.05) is 0 Å². The Bertz CT molecular complexity index is 355. The molecule has 0 aliphatic carbocycles. The van der Waals surface area contributed by atoms with Crippen LogP contribution in [0.25, 0.3) is 0 Å². The van der Waals surface area contributed by atoms with Gasteiger partial charge in [-0.15, -0.1) is 0 Å². The molecule has 0 aliphatic rings. The highest BCUT2D eigenvalue weighted by molar-refractivity contribution is 9.10. The van der Waals surface area contributed by atoms with E-state index >= 15 is 0 Å². The average molecular weight is 274 g/mol. The summed E-state index contributed by atoms with van der Waals surface area (Å²) in [6.45, 7) is 2.16. The first-order valence-electron chi connectivity index (χ1n) is 4.52. The Labute approximate surface area is 96.7 Å². The van der Waals surface area contributed by atoms with Crippen LogP contribution in [0.2, 0.25) is 0 Å². The number of methoxy groups -OCH3 is 1. The summed E-state index contributed by atoms with van der Waals surface area (Å²) in [7, 11) is 1.54. The second kappa shape index (κ2) is 5.70. The predicted octanol–water partition coefficient (Wildman–Crippen LogP) is 1.96. The third-order valence-corrected chi connectivity index (χ3v) is 2.35. The van der Waals surface area contributed by atoms with Gasteiger partial charge < -0.3 is 9.47 Å². The van der Waals surface area contributed by atoms with Crippen molar-refractivity contribution in [3.8, 4) is 5.75 Å². The summed E-state index contributed by atoms with van der Waals surface area (Å²) in [6, 6.07) is 1.74. The zero-order valence-electron chi connectivity index (χ0n) is 8.62. The van der Waals surface area contributed by atoms with Crippen LogP contribution in [0, 0.1) is 0 Å². The molecule has 0 amide bonds. The van der Waals surface area contributed by atoms with Crippen molar-refractivity contribution in [2.24, 2.45) is 0 Å². The molecule has 5 heteroatoms. The Morgan fingerprint density at radius 3 is 2.93 bits per heavy atom. The smallest absolute Gasteiger partial charge is 0.310 e. The number of hydrogen-bond donors (Lipinski definition) is 0. The minimum Gasteiger partial charge on any atom is -0.494 e. The molecule has 82 valence electrons. The van der Waals surface area contributed by atoms with Crippen LogP contribution < -0.4 is 4.74 Å². The number of halogens is 1. The highest BCUT2D eigenvalue weighted by atomic mass is 79.9. The van der Waals surface area contributed by atoms with Crippen LogP contribution >= 0.6 is 15.9 Å². The van der Waals surface area contributed by atoms with Gasteiger partial charge in [-0.25, -0.2) is 4.98 Å². The number of rotatable bonds is 4. The molecule has 0 spiro atoms. The molecule has 1 aromatic rings. The van der Waals surface area contributed by atoms with Gasteiger partial charge in [0.1, 0.15) is 4.60 Å². The fraction of sp³-hybridized carbons (Fsp3) is 0.400. The van der Waals surface area contributed by atoms with Crippen molar-refractivity contribution in [3.05, 3.63) is 22.4 Å². The molecule has 0 N–H and O–H groups in total. The number of carbonyl (C=O) groups is 1. The van der Waals surface area contributed by atoms with Crippen molar-refractivity contribution in [1.29, 1.82) is 0 Å². The number of hydrogen-bond acceptors (Lipinski definition) is 4. The number of aromatic nitrogens is 1. The molecule has 15 heavy (non-hydrogen) atoms. The molecule has 0 unspecified atom stereocenters. The van der Waals surface area contributed by atoms with Crippen molar-refractivity contribution < 1.29 is 14.3 Å². The Kier molecular flexibility index (Phi) is 4.55. The summed E-state index contributed by atoms with van der Waals surface area (Å²) in [6.07, 6.45) is 1.80. The van der Waals surface area contributed by atoms with Crippen LogP contribution in [0.15, 0.2) is 16.9 Å². The molecule has 1 rings (SSSR count). The molecule has 0 saturated carbocycles. The molecule has 0 aliphatic heterocycles. The lowest BCUT2D eigenvalue weighted by Crippen LogP contribution is -2.08. The van der Waals surface area contributed by atoms with E-state index in [-0.39, 0.29) is 12.4 Å². The molecule has 0 fully saturated rings. The maximum absolute atomic E-state index is 11.3. The van der Waals surface area contributed by atoms with Crippen molar-refractivity contribution in [1.82, 2.24) is 4.98 Å². The Hall–Kier alpha value is -1.10. The van der Waals surface area contributed by atoms with Crippen LogP contribution in [0.1, 0.15) is 12.5 Å². The number of pyridine rings is 1. The summed E-state index contributed by atoms with van der Waals surface area (Å²) in [4.78, 5) is 15.3. The standard InChI is InChI=1S/C10H12BrNO3/c1-3-15-8(13)6-7-4-5-12-10(11)9(7)14-2/h4-5H,3,6H2,1-2H3. The third kappa shape index (κ3) is 3.20. The fourth-order valence-corrected chi connectivity index (χ4v) is 1.72. The van der Waals surface area contributed by atoms with Crippen molar-refractivity contribution >= 4 is 21.9 Å². The highest BCUT2D eigenvalue weighted by Gasteiger charge is 2.12. The van der Waals surface area contributed by atoms with Crippen molar-refractivity contribution in [2.75, 3.05) is 13.7 Å². The van der Waals surface area contributed by atoms with Crippen molar-refractivity contribution in [2.45, 2.75) is 13.3 Å². The van der Waals surface area contributed by atoms with E-state index in [2.05, 4.69) is 20.9 Å². The minimum atomic E-state index is -0.270. The Morgan fingerprint density at radius 2 is 2.33 bits per heavy atom. The van der Waals surface area contributed by atoms with Gasteiger partial charge in [-0.05, 0) is 28.9 Å². The molecule has 0 atom stereocenters. The normalized spacial score (nSPS) is 9.80. The summed E-state index contributed by atoms with van der Waals surface area (Å²) in [5.41, 5.74) is 0.762. The van der Waals surface area contributed by atoms with Crippen LogP contribution in [-0.2, 0) is 16.0 Å². The summed E-state index contributed by atoms with van der Waals surface area (Å²) >= 11 is 3.25. The number of ether oxygens (including phenoxy) is 2. The molecular formula is C10H12BrNO3. The van der Waals surface area contributed by atoms with Gasteiger partial charge in [-0.2, -0.15) is 0 Å². The number of nitrogens with zero attached hydrogens (tertiary/aromatic N) is 1. The van der Waals surface area contributed by atoms with E-state index in [0.717, 1.165) is 5.56 Å². The van der Waals surface area contributed by atoms with Gasteiger partial charge in [0.15, 0.2) is 5.75 Å². The molecule has 0 aromatic carbocycles. The van der Waals surface area contributed by atoms with Gasteiger partial charge >= 0.3 is 5.97 Å². The monoisotopic (exact) mass is 273 g/mol. The van der Waals surface area contributed by atoms with Crippen LogP contribution in [-0.4, -0.2) is 24.7 Å². The molecule has 4 nitrogen and oxygen atoms in total.